The first-order valence-corrected chi connectivity index (χ1v) is 6.33. The molecule has 0 aliphatic heterocycles. The summed E-state index contributed by atoms with van der Waals surface area (Å²) in [6.45, 7) is 0.175. The predicted octanol–water partition coefficient (Wildman–Crippen LogP) is 1.19. The molecule has 0 saturated heterocycles. The molecule has 20 heavy (non-hydrogen) atoms. The number of hydrogen-bond acceptors (Lipinski definition) is 4. The van der Waals surface area contributed by atoms with Crippen molar-refractivity contribution in [3.8, 4) is 11.5 Å². The van der Waals surface area contributed by atoms with Gasteiger partial charge in [0.25, 0.3) is 0 Å². The second-order valence-corrected chi connectivity index (χ2v) is 4.22. The smallest absolute Gasteiger partial charge is 0.307 e. The third-order valence-electron chi connectivity index (χ3n) is 2.64. The first kappa shape index (κ1) is 16.1. The minimum absolute atomic E-state index is 0.151. The lowest BCUT2D eigenvalue weighted by Gasteiger charge is -2.14. The average molecular weight is 302 g/mol. The lowest BCUT2D eigenvalue weighted by molar-refractivity contribution is -0.136. The van der Waals surface area contributed by atoms with Gasteiger partial charge >= 0.3 is 5.97 Å². The molecule has 0 saturated carbocycles. The van der Waals surface area contributed by atoms with Gasteiger partial charge in [0.2, 0.25) is 5.91 Å². The van der Waals surface area contributed by atoms with Gasteiger partial charge in [0, 0.05) is 6.54 Å². The summed E-state index contributed by atoms with van der Waals surface area (Å²) >= 11 is 5.40. The number of benzene rings is 1. The first-order valence-electron chi connectivity index (χ1n) is 5.80. The van der Waals surface area contributed by atoms with Crippen LogP contribution in [0.1, 0.15) is 11.1 Å². The zero-order chi connectivity index (χ0) is 15.1. The van der Waals surface area contributed by atoms with Crippen LogP contribution in [0.15, 0.2) is 12.1 Å². The van der Waals surface area contributed by atoms with Gasteiger partial charge in [0.05, 0.1) is 20.6 Å². The second-order valence-electron chi connectivity index (χ2n) is 3.96. The number of carboxylic acids is 1. The molecule has 0 radical (unpaired) electrons. The van der Waals surface area contributed by atoms with E-state index in [1.54, 1.807) is 12.1 Å². The molecule has 0 aliphatic rings. The number of carbonyl (C=O) groups is 2. The van der Waals surface area contributed by atoms with Crippen molar-refractivity contribution in [1.82, 2.24) is 5.32 Å². The quantitative estimate of drug-likeness (QED) is 0.739. The number of ether oxygens (including phenoxy) is 2. The van der Waals surface area contributed by atoms with Gasteiger partial charge in [-0.05, 0) is 23.3 Å². The fourth-order valence-corrected chi connectivity index (χ4v) is 1.79. The Balaban J connectivity index is 3.09. The van der Waals surface area contributed by atoms with E-state index in [4.69, 9.17) is 26.2 Å². The summed E-state index contributed by atoms with van der Waals surface area (Å²) in [5.74, 6) is -0.542. The molecule has 1 aromatic carbocycles. The molecule has 110 valence electrons. The van der Waals surface area contributed by atoms with Crippen LogP contribution in [0.5, 0.6) is 11.5 Å². The summed E-state index contributed by atoms with van der Waals surface area (Å²) in [6, 6.07) is 3.24. The van der Waals surface area contributed by atoms with Gasteiger partial charge in [-0.3, -0.25) is 9.59 Å². The highest BCUT2D eigenvalue weighted by atomic mass is 35.5. The Labute approximate surface area is 121 Å². The van der Waals surface area contributed by atoms with E-state index in [0.717, 1.165) is 0 Å². The Hall–Kier alpha value is -1.95. The van der Waals surface area contributed by atoms with E-state index in [1.165, 1.54) is 14.2 Å². The number of rotatable bonds is 7. The molecule has 0 bridgehead atoms. The fourth-order valence-electron chi connectivity index (χ4n) is 1.70. The van der Waals surface area contributed by atoms with Crippen LogP contribution in [0.25, 0.3) is 0 Å². The van der Waals surface area contributed by atoms with Crippen LogP contribution in [0.3, 0.4) is 0 Å². The Bertz CT molecular complexity index is 504. The molecular formula is C13H16ClNO5. The number of halogens is 1. The van der Waals surface area contributed by atoms with Crippen LogP contribution in [0.4, 0.5) is 0 Å². The maximum Gasteiger partial charge on any atom is 0.307 e. The highest BCUT2D eigenvalue weighted by molar-refractivity contribution is 6.27. The van der Waals surface area contributed by atoms with Crippen molar-refractivity contribution in [2.45, 2.75) is 13.0 Å². The summed E-state index contributed by atoms with van der Waals surface area (Å²) in [5.41, 5.74) is 1.19. The summed E-state index contributed by atoms with van der Waals surface area (Å²) in [7, 11) is 2.95. The highest BCUT2D eigenvalue weighted by Gasteiger charge is 2.14. The molecule has 1 amide bonds. The topological polar surface area (TPSA) is 84.9 Å². The highest BCUT2D eigenvalue weighted by Crippen LogP contribution is 2.30. The Kier molecular flexibility index (Phi) is 6.11. The largest absolute Gasteiger partial charge is 0.493 e. The molecule has 2 N–H and O–H groups in total. The Morgan fingerprint density at radius 3 is 2.20 bits per heavy atom. The monoisotopic (exact) mass is 301 g/mol. The zero-order valence-electron chi connectivity index (χ0n) is 11.2. The Morgan fingerprint density at radius 1 is 1.20 bits per heavy atom. The molecule has 1 rings (SSSR count). The number of nitrogens with one attached hydrogen (secondary N) is 1. The van der Waals surface area contributed by atoms with E-state index in [-0.39, 0.29) is 24.8 Å². The van der Waals surface area contributed by atoms with Crippen LogP contribution >= 0.6 is 11.6 Å². The SMILES string of the molecule is COc1cc(CNC(=O)CCl)c(CC(=O)O)cc1OC. The number of alkyl halides is 1. The number of hydrogen-bond donors (Lipinski definition) is 2. The summed E-state index contributed by atoms with van der Waals surface area (Å²) < 4.78 is 10.3. The number of carbonyl (C=O) groups excluding carboxylic acids is 1. The van der Waals surface area contributed by atoms with Gasteiger partial charge in [-0.15, -0.1) is 11.6 Å². The molecular weight excluding hydrogens is 286 g/mol. The van der Waals surface area contributed by atoms with Crippen molar-refractivity contribution < 1.29 is 24.2 Å². The van der Waals surface area contributed by atoms with Gasteiger partial charge in [-0.2, -0.15) is 0 Å². The van der Waals surface area contributed by atoms with E-state index in [2.05, 4.69) is 5.32 Å². The van der Waals surface area contributed by atoms with Gasteiger partial charge < -0.3 is 19.9 Å². The van der Waals surface area contributed by atoms with E-state index in [0.29, 0.717) is 22.6 Å². The van der Waals surface area contributed by atoms with Crippen molar-refractivity contribution >= 4 is 23.5 Å². The molecule has 6 nitrogen and oxygen atoms in total. The molecule has 1 aromatic rings. The van der Waals surface area contributed by atoms with Gasteiger partial charge in [-0.1, -0.05) is 0 Å². The normalized spacial score (nSPS) is 9.95. The van der Waals surface area contributed by atoms with Crippen molar-refractivity contribution in [3.05, 3.63) is 23.3 Å². The van der Waals surface area contributed by atoms with Gasteiger partial charge in [0.15, 0.2) is 11.5 Å². The molecule has 0 aliphatic carbocycles. The predicted molar refractivity (Wildman–Crippen MR) is 73.5 cm³/mol. The van der Waals surface area contributed by atoms with Crippen LogP contribution in [0, 0.1) is 0 Å². The molecule has 0 atom stereocenters. The molecule has 7 heteroatoms. The first-order chi connectivity index (χ1) is 9.51. The summed E-state index contributed by atoms with van der Waals surface area (Å²) in [5, 5.41) is 11.5. The van der Waals surface area contributed by atoms with E-state index >= 15 is 0 Å². The number of methoxy groups -OCH3 is 2. The third kappa shape index (κ3) is 4.31. The summed E-state index contributed by atoms with van der Waals surface area (Å²) in [4.78, 5) is 22.1. The van der Waals surface area contributed by atoms with Crippen LogP contribution in [0.2, 0.25) is 0 Å². The Morgan fingerprint density at radius 2 is 1.75 bits per heavy atom. The lowest BCUT2D eigenvalue weighted by Crippen LogP contribution is -2.24. The van der Waals surface area contributed by atoms with Crippen molar-refractivity contribution in [2.24, 2.45) is 0 Å². The minimum Gasteiger partial charge on any atom is -0.493 e. The fraction of sp³-hybridized carbons (Fsp3) is 0.385. The summed E-state index contributed by atoms with van der Waals surface area (Å²) in [6.07, 6.45) is -0.174. The van der Waals surface area contributed by atoms with E-state index in [1.807, 2.05) is 0 Å². The van der Waals surface area contributed by atoms with Crippen LogP contribution < -0.4 is 14.8 Å². The van der Waals surface area contributed by atoms with E-state index < -0.39 is 5.97 Å². The van der Waals surface area contributed by atoms with Gasteiger partial charge in [-0.25, -0.2) is 0 Å². The number of aliphatic carboxylic acids is 1. The third-order valence-corrected chi connectivity index (χ3v) is 2.89. The molecule has 0 aromatic heterocycles. The molecule has 0 spiro atoms. The molecule has 0 unspecified atom stereocenters. The standard InChI is InChI=1S/C13H16ClNO5/c1-19-10-3-8(5-13(17)18)9(4-11(10)20-2)7-15-12(16)6-14/h3-4H,5-7H2,1-2H3,(H,15,16)(H,17,18). The molecule has 0 heterocycles. The minimum atomic E-state index is -0.970. The second kappa shape index (κ2) is 7.59. The van der Waals surface area contributed by atoms with Crippen molar-refractivity contribution in [2.75, 3.05) is 20.1 Å². The van der Waals surface area contributed by atoms with Gasteiger partial charge in [0.1, 0.15) is 5.88 Å². The lowest BCUT2D eigenvalue weighted by atomic mass is 10.0. The maximum atomic E-state index is 11.2. The average Bonchev–Trinajstić information content (AvgIpc) is 2.44. The zero-order valence-corrected chi connectivity index (χ0v) is 12.0. The van der Waals surface area contributed by atoms with Crippen LogP contribution in [-0.2, 0) is 22.6 Å². The number of amides is 1. The van der Waals surface area contributed by atoms with E-state index in [9.17, 15) is 9.59 Å². The van der Waals surface area contributed by atoms with Crippen molar-refractivity contribution in [3.63, 3.8) is 0 Å². The molecule has 0 fully saturated rings. The van der Waals surface area contributed by atoms with Crippen molar-refractivity contribution in [1.29, 1.82) is 0 Å². The van der Waals surface area contributed by atoms with Crippen LogP contribution in [-0.4, -0.2) is 37.1 Å². The maximum absolute atomic E-state index is 11.2. The number of carboxylic acid groups (broad SMARTS) is 1.